The van der Waals surface area contributed by atoms with E-state index in [4.69, 9.17) is 4.74 Å². The van der Waals surface area contributed by atoms with Crippen molar-refractivity contribution in [2.24, 2.45) is 0 Å². The molecule has 10 heteroatoms. The molecular weight excluding hydrogens is 458 g/mol. The van der Waals surface area contributed by atoms with Gasteiger partial charge in [0.15, 0.2) is 0 Å². The molecule has 34 heavy (non-hydrogen) atoms. The molecule has 0 bridgehead atoms. The lowest BCUT2D eigenvalue weighted by Gasteiger charge is -2.15. The number of non-ortho nitro benzene ring substituents is 1. The minimum Gasteiger partial charge on any atom is -0.497 e. The molecule has 4 rings (SSSR count). The van der Waals surface area contributed by atoms with Gasteiger partial charge in [0.25, 0.3) is 11.6 Å². The van der Waals surface area contributed by atoms with Crippen molar-refractivity contribution >= 4 is 46.5 Å². The number of nitro groups is 1. The zero-order valence-electron chi connectivity index (χ0n) is 18.0. The number of nitro benzene ring substituents is 1. The van der Waals surface area contributed by atoms with Gasteiger partial charge in [-0.1, -0.05) is 6.07 Å². The Morgan fingerprint density at radius 2 is 1.79 bits per heavy atom. The molecule has 0 radical (unpaired) electrons. The number of amides is 3. The number of carbonyl (C=O) groups is 3. The first-order valence-corrected chi connectivity index (χ1v) is 11.1. The van der Waals surface area contributed by atoms with Crippen molar-refractivity contribution in [3.05, 3.63) is 88.5 Å². The Labute approximate surface area is 198 Å². The molecule has 1 aliphatic rings. The first kappa shape index (κ1) is 23.0. The molecule has 172 valence electrons. The predicted octanol–water partition coefficient (Wildman–Crippen LogP) is 4.28. The summed E-state index contributed by atoms with van der Waals surface area (Å²) < 4.78 is 5.11. The smallest absolute Gasteiger partial charge is 0.270 e. The maximum atomic E-state index is 12.9. The maximum absolute atomic E-state index is 12.9. The summed E-state index contributed by atoms with van der Waals surface area (Å²) in [6, 6.07) is 19.0. The number of rotatable bonds is 7. The predicted molar refractivity (Wildman–Crippen MR) is 127 cm³/mol. The number of nitrogens with zero attached hydrogens (tertiary/aromatic N) is 2. The highest BCUT2D eigenvalue weighted by Crippen LogP contribution is 2.35. The van der Waals surface area contributed by atoms with Crippen LogP contribution >= 0.6 is 11.8 Å². The summed E-state index contributed by atoms with van der Waals surface area (Å²) in [5, 5.41) is 13.0. The summed E-state index contributed by atoms with van der Waals surface area (Å²) in [4.78, 5) is 50.0. The number of hydrogen-bond donors (Lipinski definition) is 1. The largest absolute Gasteiger partial charge is 0.497 e. The minimum atomic E-state index is -0.562. The highest BCUT2D eigenvalue weighted by molar-refractivity contribution is 8.00. The molecule has 3 aromatic carbocycles. The zero-order chi connectivity index (χ0) is 24.2. The molecule has 3 amide bonds. The number of anilines is 2. The second-order valence-corrected chi connectivity index (χ2v) is 8.64. The Bertz CT molecular complexity index is 1260. The normalized spacial score (nSPS) is 15.3. The van der Waals surface area contributed by atoms with Crippen LogP contribution in [0.15, 0.2) is 77.7 Å². The van der Waals surface area contributed by atoms with Crippen molar-refractivity contribution < 1.29 is 24.0 Å². The molecule has 1 heterocycles. The molecule has 3 aromatic rings. The molecule has 0 spiro atoms. The van der Waals surface area contributed by atoms with E-state index in [0.29, 0.717) is 17.1 Å². The highest BCUT2D eigenvalue weighted by atomic mass is 32.2. The van der Waals surface area contributed by atoms with Crippen LogP contribution in [0.3, 0.4) is 0 Å². The van der Waals surface area contributed by atoms with Gasteiger partial charge in [0.2, 0.25) is 11.8 Å². The van der Waals surface area contributed by atoms with E-state index in [1.54, 1.807) is 48.5 Å². The van der Waals surface area contributed by atoms with Gasteiger partial charge in [-0.3, -0.25) is 24.5 Å². The first-order chi connectivity index (χ1) is 16.4. The lowest BCUT2D eigenvalue weighted by molar-refractivity contribution is -0.384. The summed E-state index contributed by atoms with van der Waals surface area (Å²) in [6.45, 7) is 0. The Morgan fingerprint density at radius 3 is 2.44 bits per heavy atom. The molecule has 1 N–H and O–H groups in total. The van der Waals surface area contributed by atoms with E-state index >= 15 is 0 Å². The van der Waals surface area contributed by atoms with Crippen LogP contribution < -0.4 is 15.0 Å². The Morgan fingerprint density at radius 1 is 1.09 bits per heavy atom. The number of imide groups is 1. The van der Waals surface area contributed by atoms with E-state index in [9.17, 15) is 24.5 Å². The summed E-state index contributed by atoms with van der Waals surface area (Å²) in [5.74, 6) is -0.404. The van der Waals surface area contributed by atoms with E-state index in [2.05, 4.69) is 5.32 Å². The second-order valence-electron chi connectivity index (χ2n) is 7.36. The Kier molecular flexibility index (Phi) is 6.60. The lowest BCUT2D eigenvalue weighted by Crippen LogP contribution is -2.31. The third kappa shape index (κ3) is 4.91. The average molecular weight is 477 g/mol. The Hall–Kier alpha value is -4.18. The van der Waals surface area contributed by atoms with Crippen LogP contribution in [0.2, 0.25) is 0 Å². The van der Waals surface area contributed by atoms with E-state index in [-0.39, 0.29) is 29.5 Å². The van der Waals surface area contributed by atoms with Gasteiger partial charge < -0.3 is 10.1 Å². The third-order valence-corrected chi connectivity index (χ3v) is 6.34. The number of methoxy groups -OCH3 is 1. The molecule has 0 aliphatic carbocycles. The fourth-order valence-electron chi connectivity index (χ4n) is 3.44. The number of thioether (sulfide) groups is 1. The summed E-state index contributed by atoms with van der Waals surface area (Å²) in [6.07, 6.45) is 0.0841. The quantitative estimate of drug-likeness (QED) is 0.306. The van der Waals surface area contributed by atoms with Crippen molar-refractivity contribution in [3.8, 4) is 5.75 Å². The van der Waals surface area contributed by atoms with Crippen LogP contribution in [-0.2, 0) is 9.59 Å². The number of carbonyl (C=O) groups excluding carboxylic acids is 3. The van der Waals surface area contributed by atoms with E-state index in [1.165, 1.54) is 48.0 Å². The van der Waals surface area contributed by atoms with E-state index < -0.39 is 16.1 Å². The summed E-state index contributed by atoms with van der Waals surface area (Å²) >= 11 is 1.27. The van der Waals surface area contributed by atoms with Gasteiger partial charge in [0, 0.05) is 34.7 Å². The van der Waals surface area contributed by atoms with Gasteiger partial charge in [0.1, 0.15) is 5.75 Å². The number of ether oxygens (including phenoxy) is 1. The fraction of sp³-hybridized carbons (Fsp3) is 0.125. The van der Waals surface area contributed by atoms with Gasteiger partial charge in [0.05, 0.1) is 23.0 Å². The van der Waals surface area contributed by atoms with Crippen LogP contribution in [0.4, 0.5) is 17.1 Å². The number of benzene rings is 3. The SMILES string of the molecule is COc1ccc(N2C(=O)CC(Sc3ccc(NC(=O)c4cccc([N+](=O)[O-])c4)cc3)C2=O)cc1. The molecule has 9 nitrogen and oxygen atoms in total. The first-order valence-electron chi connectivity index (χ1n) is 10.2. The number of nitrogens with one attached hydrogen (secondary N) is 1. The maximum Gasteiger partial charge on any atom is 0.270 e. The van der Waals surface area contributed by atoms with Crippen molar-refractivity contribution in [2.45, 2.75) is 16.6 Å². The third-order valence-electron chi connectivity index (χ3n) is 5.15. The summed E-state index contributed by atoms with van der Waals surface area (Å²) in [7, 11) is 1.54. The van der Waals surface area contributed by atoms with Crippen LogP contribution in [-0.4, -0.2) is 35.0 Å². The van der Waals surface area contributed by atoms with Crippen molar-refractivity contribution in [2.75, 3.05) is 17.3 Å². The zero-order valence-corrected chi connectivity index (χ0v) is 18.8. The second kappa shape index (κ2) is 9.75. The van der Waals surface area contributed by atoms with Crippen molar-refractivity contribution in [1.29, 1.82) is 0 Å². The van der Waals surface area contributed by atoms with Gasteiger partial charge in [-0.25, -0.2) is 4.90 Å². The van der Waals surface area contributed by atoms with E-state index in [0.717, 1.165) is 4.90 Å². The molecule has 1 atom stereocenters. The number of hydrogen-bond acceptors (Lipinski definition) is 7. The van der Waals surface area contributed by atoms with Crippen LogP contribution in [0.5, 0.6) is 5.75 Å². The van der Waals surface area contributed by atoms with Crippen LogP contribution in [0.25, 0.3) is 0 Å². The molecule has 0 saturated carbocycles. The monoisotopic (exact) mass is 477 g/mol. The summed E-state index contributed by atoms with van der Waals surface area (Å²) in [5.41, 5.74) is 0.993. The van der Waals surface area contributed by atoms with E-state index in [1.807, 2.05) is 0 Å². The Balaban J connectivity index is 1.40. The van der Waals surface area contributed by atoms with Gasteiger partial charge in [-0.15, -0.1) is 11.8 Å². The van der Waals surface area contributed by atoms with Gasteiger partial charge in [-0.05, 0) is 54.6 Å². The van der Waals surface area contributed by atoms with Crippen LogP contribution in [0, 0.1) is 10.1 Å². The van der Waals surface area contributed by atoms with Crippen molar-refractivity contribution in [3.63, 3.8) is 0 Å². The average Bonchev–Trinajstić information content (AvgIpc) is 3.12. The minimum absolute atomic E-state index is 0.0841. The highest BCUT2D eigenvalue weighted by Gasteiger charge is 2.40. The lowest BCUT2D eigenvalue weighted by atomic mass is 10.2. The molecule has 1 fully saturated rings. The van der Waals surface area contributed by atoms with Gasteiger partial charge >= 0.3 is 0 Å². The molecule has 0 aromatic heterocycles. The topological polar surface area (TPSA) is 119 Å². The van der Waals surface area contributed by atoms with Crippen molar-refractivity contribution in [1.82, 2.24) is 0 Å². The standard InChI is InChI=1S/C24H19N3O6S/c1-33-19-9-7-17(8-10-19)26-22(28)14-21(24(26)30)34-20-11-5-16(6-12-20)25-23(29)15-3-2-4-18(13-15)27(31)32/h2-13,21H,14H2,1H3,(H,25,29). The molecule has 1 aliphatic heterocycles. The molecule has 1 unspecified atom stereocenters. The van der Waals surface area contributed by atoms with Crippen LogP contribution in [0.1, 0.15) is 16.8 Å². The molecule has 1 saturated heterocycles. The van der Waals surface area contributed by atoms with Gasteiger partial charge in [-0.2, -0.15) is 0 Å². The molecular formula is C24H19N3O6S. The fourth-order valence-corrected chi connectivity index (χ4v) is 4.50.